The Morgan fingerprint density at radius 2 is 1.91 bits per heavy atom. The van der Waals surface area contributed by atoms with Crippen molar-refractivity contribution in [3.8, 4) is 0 Å². The number of carbonyl (C=O) groups excluding carboxylic acids is 3. The van der Waals surface area contributed by atoms with Gasteiger partial charge < -0.3 is 15.0 Å². The minimum Gasteiger partial charge on any atom is -0.385 e. The molecule has 0 radical (unpaired) electrons. The molecule has 0 aliphatic carbocycles. The van der Waals surface area contributed by atoms with Crippen LogP contribution in [0.3, 0.4) is 0 Å². The van der Waals surface area contributed by atoms with Gasteiger partial charge >= 0.3 is 0 Å². The summed E-state index contributed by atoms with van der Waals surface area (Å²) < 4.78 is 5.14. The van der Waals surface area contributed by atoms with Crippen LogP contribution in [-0.4, -0.2) is 53.9 Å². The maximum absolute atomic E-state index is 13.8. The number of anilines is 1. The number of ether oxygens (including phenoxy) is 1. The van der Waals surface area contributed by atoms with Crippen LogP contribution in [0.2, 0.25) is 0 Å². The van der Waals surface area contributed by atoms with E-state index in [1.54, 1.807) is 7.11 Å². The summed E-state index contributed by atoms with van der Waals surface area (Å²) in [6.45, 7) is 2.71. The van der Waals surface area contributed by atoms with Gasteiger partial charge in [0.25, 0.3) is 0 Å². The van der Waals surface area contributed by atoms with Crippen molar-refractivity contribution < 1.29 is 19.1 Å². The lowest BCUT2D eigenvalue weighted by molar-refractivity contribution is -0.143. The lowest BCUT2D eigenvalue weighted by Gasteiger charge is -2.29. The van der Waals surface area contributed by atoms with Crippen LogP contribution >= 0.6 is 0 Å². The van der Waals surface area contributed by atoms with Gasteiger partial charge in [-0.1, -0.05) is 35.9 Å². The van der Waals surface area contributed by atoms with Gasteiger partial charge in [-0.2, -0.15) is 0 Å². The number of hydrogen-bond donors (Lipinski definition) is 3. The minimum absolute atomic E-state index is 0.209. The van der Waals surface area contributed by atoms with Crippen molar-refractivity contribution in [2.24, 2.45) is 11.8 Å². The summed E-state index contributed by atoms with van der Waals surface area (Å²) in [5, 5.41) is 7.58. The van der Waals surface area contributed by atoms with Crippen LogP contribution in [0.4, 0.5) is 5.69 Å². The van der Waals surface area contributed by atoms with Crippen LogP contribution in [-0.2, 0) is 31.1 Å². The van der Waals surface area contributed by atoms with Gasteiger partial charge in [-0.3, -0.25) is 24.6 Å². The summed E-state index contributed by atoms with van der Waals surface area (Å²) in [7, 11) is 1.60. The average Bonchev–Trinajstić information content (AvgIpc) is 3.55. The number of benzene rings is 2. The highest BCUT2D eigenvalue weighted by atomic mass is 16.5. The molecule has 3 N–H and O–H groups in total. The number of H-pyrrole nitrogens is 1. The molecule has 3 amide bonds. The molecule has 180 valence electrons. The van der Waals surface area contributed by atoms with Crippen molar-refractivity contribution in [2.75, 3.05) is 25.6 Å². The Labute approximate surface area is 203 Å². The number of aromatic nitrogens is 1. The van der Waals surface area contributed by atoms with Crippen molar-refractivity contribution >= 4 is 34.3 Å². The van der Waals surface area contributed by atoms with Gasteiger partial charge in [-0.25, -0.2) is 0 Å². The molecule has 4 heterocycles. The SMILES string of the molecule is COCCCN1C(=O)C2C(Cc3c[nH]c4ccccc34)NC3(C(=O)Nc4ccc(C)cc43)C2C1=O. The second kappa shape index (κ2) is 8.03. The fourth-order valence-electron chi connectivity index (χ4n) is 6.28. The Morgan fingerprint density at radius 3 is 2.74 bits per heavy atom. The Bertz CT molecular complexity index is 1360. The first-order chi connectivity index (χ1) is 17.0. The van der Waals surface area contributed by atoms with Crippen LogP contribution in [0.15, 0.2) is 48.7 Å². The van der Waals surface area contributed by atoms with E-state index in [4.69, 9.17) is 4.74 Å². The van der Waals surface area contributed by atoms with Crippen molar-refractivity contribution in [1.29, 1.82) is 0 Å². The molecule has 2 saturated heterocycles. The van der Waals surface area contributed by atoms with Gasteiger partial charge in [-0.05, 0) is 37.5 Å². The molecule has 3 aliphatic heterocycles. The topological polar surface area (TPSA) is 104 Å². The molecule has 8 heteroatoms. The smallest absolute Gasteiger partial charge is 0.250 e. The first-order valence-electron chi connectivity index (χ1n) is 12.0. The van der Waals surface area contributed by atoms with Gasteiger partial charge in [-0.15, -0.1) is 0 Å². The third-order valence-electron chi connectivity index (χ3n) is 7.81. The number of amides is 3. The van der Waals surface area contributed by atoms with E-state index in [1.165, 1.54) is 4.90 Å². The highest BCUT2D eigenvalue weighted by molar-refractivity contribution is 6.15. The van der Waals surface area contributed by atoms with Crippen molar-refractivity contribution in [3.05, 3.63) is 65.4 Å². The molecule has 1 spiro atoms. The molecule has 0 saturated carbocycles. The zero-order valence-corrected chi connectivity index (χ0v) is 19.8. The molecule has 4 atom stereocenters. The molecule has 4 unspecified atom stereocenters. The maximum atomic E-state index is 13.8. The Hall–Kier alpha value is -3.49. The molecule has 3 aliphatic rings. The summed E-state index contributed by atoms with van der Waals surface area (Å²) in [6.07, 6.45) is 3.03. The fourth-order valence-corrected chi connectivity index (χ4v) is 6.28. The molecule has 1 aromatic heterocycles. The van der Waals surface area contributed by atoms with Crippen LogP contribution in [0, 0.1) is 18.8 Å². The van der Waals surface area contributed by atoms with Crippen LogP contribution in [0.25, 0.3) is 10.9 Å². The van der Waals surface area contributed by atoms with Gasteiger partial charge in [0.1, 0.15) is 5.54 Å². The number of aryl methyl sites for hydroxylation is 1. The zero-order valence-electron chi connectivity index (χ0n) is 19.8. The first-order valence-corrected chi connectivity index (χ1v) is 12.0. The number of hydrogen-bond acceptors (Lipinski definition) is 5. The highest BCUT2D eigenvalue weighted by Crippen LogP contribution is 2.53. The van der Waals surface area contributed by atoms with Crippen LogP contribution in [0.5, 0.6) is 0 Å². The number of methoxy groups -OCH3 is 1. The third-order valence-corrected chi connectivity index (χ3v) is 7.81. The highest BCUT2D eigenvalue weighted by Gasteiger charge is 2.70. The lowest BCUT2D eigenvalue weighted by atomic mass is 9.76. The molecule has 2 aromatic carbocycles. The quantitative estimate of drug-likeness (QED) is 0.378. The number of aromatic amines is 1. The van der Waals surface area contributed by atoms with E-state index >= 15 is 0 Å². The van der Waals surface area contributed by atoms with Crippen LogP contribution in [0.1, 0.15) is 23.1 Å². The largest absolute Gasteiger partial charge is 0.385 e. The Balaban J connectivity index is 1.45. The van der Waals surface area contributed by atoms with Crippen LogP contribution < -0.4 is 10.6 Å². The van der Waals surface area contributed by atoms with E-state index in [0.29, 0.717) is 25.1 Å². The second-order valence-corrected chi connectivity index (χ2v) is 9.80. The molecule has 2 fully saturated rings. The van der Waals surface area contributed by atoms with Crippen molar-refractivity contribution in [2.45, 2.75) is 31.3 Å². The van der Waals surface area contributed by atoms with Gasteiger partial charge in [0.15, 0.2) is 0 Å². The minimum atomic E-state index is -1.27. The predicted molar refractivity (Wildman–Crippen MR) is 131 cm³/mol. The van der Waals surface area contributed by atoms with E-state index < -0.39 is 17.4 Å². The molecular formula is C27H28N4O4. The summed E-state index contributed by atoms with van der Waals surface area (Å²) in [6, 6.07) is 13.4. The summed E-state index contributed by atoms with van der Waals surface area (Å²) >= 11 is 0. The lowest BCUT2D eigenvalue weighted by Crippen LogP contribution is -2.53. The Morgan fingerprint density at radius 1 is 1.09 bits per heavy atom. The summed E-state index contributed by atoms with van der Waals surface area (Å²) in [5.41, 5.74) is 3.23. The maximum Gasteiger partial charge on any atom is 0.250 e. The first kappa shape index (κ1) is 22.0. The number of para-hydroxylation sites is 1. The molecular weight excluding hydrogens is 444 g/mol. The number of nitrogens with one attached hydrogen (secondary N) is 3. The molecule has 8 nitrogen and oxygen atoms in total. The van der Waals surface area contributed by atoms with Crippen molar-refractivity contribution in [1.82, 2.24) is 15.2 Å². The monoisotopic (exact) mass is 472 g/mol. The molecule has 3 aromatic rings. The second-order valence-electron chi connectivity index (χ2n) is 9.80. The third kappa shape index (κ3) is 3.10. The Kier molecular flexibility index (Phi) is 5.05. The van der Waals surface area contributed by atoms with Gasteiger partial charge in [0.05, 0.1) is 11.8 Å². The number of fused-ring (bicyclic) bond motifs is 5. The zero-order chi connectivity index (χ0) is 24.3. The summed E-state index contributed by atoms with van der Waals surface area (Å²) in [5.74, 6) is -2.19. The molecule has 35 heavy (non-hydrogen) atoms. The number of rotatable bonds is 6. The van der Waals surface area contributed by atoms with E-state index in [9.17, 15) is 14.4 Å². The molecule has 6 rings (SSSR count). The normalized spacial score (nSPS) is 27.2. The fraction of sp³-hybridized carbons (Fsp3) is 0.370. The van der Waals surface area contributed by atoms with Crippen molar-refractivity contribution in [3.63, 3.8) is 0 Å². The number of imide groups is 1. The summed E-state index contributed by atoms with van der Waals surface area (Å²) in [4.78, 5) is 45.7. The predicted octanol–water partition coefficient (Wildman–Crippen LogP) is 2.48. The van der Waals surface area contributed by atoms with Gasteiger partial charge in [0, 0.05) is 54.7 Å². The number of carbonyl (C=O) groups is 3. The van der Waals surface area contributed by atoms with E-state index in [-0.39, 0.29) is 30.3 Å². The van der Waals surface area contributed by atoms with E-state index in [1.807, 2.05) is 55.6 Å². The number of likely N-dealkylation sites (tertiary alicyclic amines) is 1. The molecule has 0 bridgehead atoms. The van der Waals surface area contributed by atoms with Gasteiger partial charge in [0.2, 0.25) is 17.7 Å². The average molecular weight is 473 g/mol. The standard InChI is InChI=1S/C27H28N4O4/c1-15-8-9-20-18(12-15)27(26(34)29-20)23-22(24(32)31(25(23)33)10-5-11-35-2)21(30-27)13-16-14-28-19-7-4-3-6-17(16)19/h3-4,6-9,12,14,21-23,28,30H,5,10-11,13H2,1-2H3,(H,29,34). The van der Waals surface area contributed by atoms with E-state index in [0.717, 1.165) is 27.6 Å². The van der Waals surface area contributed by atoms with E-state index in [2.05, 4.69) is 15.6 Å². The number of nitrogens with zero attached hydrogens (tertiary/aromatic N) is 1.